The largest absolute Gasteiger partial charge is 0.494 e. The number of hydrogen-bond acceptors (Lipinski definition) is 15. The number of nitro groups is 1. The normalized spacial score (nSPS) is 12.4. The van der Waals surface area contributed by atoms with Gasteiger partial charge < -0.3 is 45.4 Å². The Morgan fingerprint density at radius 1 is 0.636 bits per heavy atom. The van der Waals surface area contributed by atoms with Gasteiger partial charge in [0.1, 0.15) is 17.2 Å². The van der Waals surface area contributed by atoms with Gasteiger partial charge in [-0.2, -0.15) is 0 Å². The SMILES string of the molecule is COc1cc(N(C)CCN(C)C)c(N)cc1Nc1nccc(C2=CCc3ccccc32)n1.COc1cc(N(C)CCN(C)C)c([N+](=O)[O-])cc1Nc1nccc(C2=CCc3ccccc32)n1. The van der Waals surface area contributed by atoms with Crippen molar-refractivity contribution < 1.29 is 14.4 Å². The van der Waals surface area contributed by atoms with Crippen LogP contribution in [0.4, 0.5) is 46.0 Å². The monoisotopic (exact) mass is 890 g/mol. The van der Waals surface area contributed by atoms with E-state index in [1.807, 2.05) is 74.4 Å². The summed E-state index contributed by atoms with van der Waals surface area (Å²) in [5, 5.41) is 18.3. The molecule has 0 atom stereocenters. The number of nitrogens with zero attached hydrogens (tertiary/aromatic N) is 9. The molecule has 2 aliphatic rings. The molecule has 66 heavy (non-hydrogen) atoms. The standard InChI is InChI=1S/C25H28N6O3.C25H30N6O/c1-29(2)13-14-30(3)22-16-24(34-4)21(15-23(22)31(32)33)28-25-26-12-11-20(27-25)19-10-9-17-7-5-6-8-18(17)19;1-30(2)13-14-31(3)23-16-24(32-4)22(15-20(23)26)29-25-27-12-11-21(28-25)19-10-9-17-7-5-6-8-18(17)19/h5-8,10-12,15-16H,9,13-14H2,1-4H3,(H,26,27,28);5-8,10-12,15-16H,9,13-14,26H2,1-4H3,(H,27,28,29). The molecule has 4 N–H and O–H groups in total. The Bertz CT molecular complexity index is 2760. The number of nitrogen functional groups attached to an aromatic ring is 1. The summed E-state index contributed by atoms with van der Waals surface area (Å²) in [5.41, 5.74) is 18.4. The lowest BCUT2D eigenvalue weighted by Crippen LogP contribution is -2.29. The zero-order valence-corrected chi connectivity index (χ0v) is 38.9. The number of nitrogens with one attached hydrogen (secondary N) is 2. The fourth-order valence-corrected chi connectivity index (χ4v) is 7.83. The van der Waals surface area contributed by atoms with Crippen molar-refractivity contribution in [2.75, 3.05) is 109 Å². The molecule has 2 heterocycles. The number of nitrogens with two attached hydrogens (primary N) is 1. The van der Waals surface area contributed by atoms with Gasteiger partial charge in [0.05, 0.1) is 53.3 Å². The first kappa shape index (κ1) is 46.4. The summed E-state index contributed by atoms with van der Waals surface area (Å²) in [6, 6.07) is 27.4. The number of likely N-dealkylation sites (N-methyl/N-ethyl adjacent to an activating group) is 4. The maximum atomic E-state index is 11.9. The first-order valence-electron chi connectivity index (χ1n) is 21.7. The average Bonchev–Trinajstić information content (AvgIpc) is 3.95. The minimum Gasteiger partial charge on any atom is -0.494 e. The van der Waals surface area contributed by atoms with Crippen molar-refractivity contribution in [2.45, 2.75) is 12.8 Å². The Labute approximate surface area is 386 Å². The third-order valence-electron chi connectivity index (χ3n) is 11.5. The Balaban J connectivity index is 0.000000197. The van der Waals surface area contributed by atoms with Crippen LogP contribution in [0.3, 0.4) is 0 Å². The molecule has 0 fully saturated rings. The summed E-state index contributed by atoms with van der Waals surface area (Å²) in [5.74, 6) is 1.99. The van der Waals surface area contributed by atoms with Crippen LogP contribution in [0.1, 0.15) is 33.6 Å². The quantitative estimate of drug-likeness (QED) is 0.0457. The smallest absolute Gasteiger partial charge is 0.294 e. The van der Waals surface area contributed by atoms with Crippen molar-refractivity contribution in [2.24, 2.45) is 0 Å². The summed E-state index contributed by atoms with van der Waals surface area (Å²) in [4.78, 5) is 37.8. The molecule has 0 radical (unpaired) electrons. The van der Waals surface area contributed by atoms with Crippen LogP contribution in [0.25, 0.3) is 11.1 Å². The predicted octanol–water partition coefficient (Wildman–Crippen LogP) is 7.92. The Morgan fingerprint density at radius 2 is 1.09 bits per heavy atom. The Hall–Kier alpha value is -7.56. The second kappa shape index (κ2) is 21.0. The number of anilines is 7. The molecule has 342 valence electrons. The summed E-state index contributed by atoms with van der Waals surface area (Å²) in [6.45, 7) is 3.17. The van der Waals surface area contributed by atoms with Gasteiger partial charge in [0, 0.05) is 82.0 Å². The van der Waals surface area contributed by atoms with Crippen molar-refractivity contribution >= 4 is 57.2 Å². The van der Waals surface area contributed by atoms with E-state index >= 15 is 0 Å². The van der Waals surface area contributed by atoms with Gasteiger partial charge in [0.15, 0.2) is 0 Å². The lowest BCUT2D eigenvalue weighted by atomic mass is 10.0. The number of allylic oxidation sites excluding steroid dienone is 2. The molecule has 8 rings (SSSR count). The van der Waals surface area contributed by atoms with Crippen molar-refractivity contribution in [1.29, 1.82) is 0 Å². The molecule has 0 aliphatic heterocycles. The minimum absolute atomic E-state index is 0.0202. The van der Waals surface area contributed by atoms with E-state index in [1.165, 1.54) is 29.9 Å². The molecule has 16 heteroatoms. The molecule has 0 saturated heterocycles. The summed E-state index contributed by atoms with van der Waals surface area (Å²) in [6.07, 6.45) is 9.60. The van der Waals surface area contributed by atoms with Gasteiger partial charge in [0.2, 0.25) is 11.9 Å². The molecular formula is C50H58N12O4. The number of methoxy groups -OCH3 is 2. The van der Waals surface area contributed by atoms with Crippen LogP contribution in [0.5, 0.6) is 11.5 Å². The maximum Gasteiger partial charge on any atom is 0.294 e. The first-order valence-corrected chi connectivity index (χ1v) is 21.7. The highest BCUT2D eigenvalue weighted by Crippen LogP contribution is 2.40. The lowest BCUT2D eigenvalue weighted by Gasteiger charge is -2.24. The van der Waals surface area contributed by atoms with Gasteiger partial charge >= 0.3 is 0 Å². The number of aromatic nitrogens is 4. The molecule has 6 aromatic rings. The Morgan fingerprint density at radius 3 is 1.56 bits per heavy atom. The molecule has 0 saturated carbocycles. The van der Waals surface area contributed by atoms with Crippen LogP contribution in [0, 0.1) is 10.1 Å². The third kappa shape index (κ3) is 10.9. The van der Waals surface area contributed by atoms with E-state index in [9.17, 15) is 10.1 Å². The van der Waals surface area contributed by atoms with E-state index < -0.39 is 0 Å². The van der Waals surface area contributed by atoms with E-state index in [0.717, 1.165) is 71.9 Å². The molecule has 2 aromatic heterocycles. The molecule has 0 amide bonds. The molecule has 4 aromatic carbocycles. The molecule has 0 bridgehead atoms. The molecular weight excluding hydrogens is 833 g/mol. The Kier molecular flexibility index (Phi) is 14.7. The maximum absolute atomic E-state index is 11.9. The zero-order valence-electron chi connectivity index (χ0n) is 38.9. The number of benzene rings is 4. The summed E-state index contributed by atoms with van der Waals surface area (Å²) >= 11 is 0. The second-order valence-electron chi connectivity index (χ2n) is 16.6. The van der Waals surface area contributed by atoms with Crippen LogP contribution in [-0.2, 0) is 12.8 Å². The fourth-order valence-electron chi connectivity index (χ4n) is 7.83. The molecule has 16 nitrogen and oxygen atoms in total. The first-order chi connectivity index (χ1) is 31.8. The van der Waals surface area contributed by atoms with E-state index in [2.05, 4.69) is 98.0 Å². The van der Waals surface area contributed by atoms with Crippen molar-refractivity contribution in [3.8, 4) is 11.5 Å². The third-order valence-corrected chi connectivity index (χ3v) is 11.5. The minimum atomic E-state index is -0.385. The number of ether oxygens (including phenoxy) is 2. The fraction of sp³-hybridized carbons (Fsp3) is 0.280. The predicted molar refractivity (Wildman–Crippen MR) is 266 cm³/mol. The van der Waals surface area contributed by atoms with Gasteiger partial charge in [-0.1, -0.05) is 60.7 Å². The number of fused-ring (bicyclic) bond motifs is 2. The average molecular weight is 891 g/mol. The summed E-state index contributed by atoms with van der Waals surface area (Å²) < 4.78 is 11.2. The van der Waals surface area contributed by atoms with Gasteiger partial charge in [-0.15, -0.1) is 0 Å². The van der Waals surface area contributed by atoms with Crippen molar-refractivity contribution in [3.05, 3.63) is 153 Å². The molecule has 2 aliphatic carbocycles. The van der Waals surface area contributed by atoms with E-state index in [1.54, 1.807) is 25.6 Å². The van der Waals surface area contributed by atoms with Crippen molar-refractivity contribution in [3.63, 3.8) is 0 Å². The number of hydrogen-bond donors (Lipinski definition) is 3. The van der Waals surface area contributed by atoms with Gasteiger partial charge in [-0.25, -0.2) is 19.9 Å². The van der Waals surface area contributed by atoms with Gasteiger partial charge in [-0.3, -0.25) is 10.1 Å². The zero-order chi connectivity index (χ0) is 46.9. The summed E-state index contributed by atoms with van der Waals surface area (Å²) in [7, 11) is 15.1. The van der Waals surface area contributed by atoms with Crippen LogP contribution in [0.15, 0.2) is 109 Å². The second-order valence-corrected chi connectivity index (χ2v) is 16.6. The van der Waals surface area contributed by atoms with E-state index in [4.69, 9.17) is 20.2 Å². The van der Waals surface area contributed by atoms with Gasteiger partial charge in [-0.05, 0) is 81.5 Å². The molecule has 0 spiro atoms. The van der Waals surface area contributed by atoms with Crippen LogP contribution in [-0.4, -0.2) is 117 Å². The van der Waals surface area contributed by atoms with Gasteiger partial charge in [0.25, 0.3) is 5.69 Å². The topological polar surface area (TPSA) is 176 Å². The van der Waals surface area contributed by atoms with E-state index in [0.29, 0.717) is 47.0 Å². The number of rotatable bonds is 17. The molecule has 0 unspecified atom stereocenters. The van der Waals surface area contributed by atoms with Crippen LogP contribution in [0.2, 0.25) is 0 Å². The highest BCUT2D eigenvalue weighted by atomic mass is 16.6. The van der Waals surface area contributed by atoms with Crippen LogP contribution >= 0.6 is 0 Å². The number of nitro benzene ring substituents is 1. The lowest BCUT2D eigenvalue weighted by molar-refractivity contribution is -0.384. The van der Waals surface area contributed by atoms with E-state index in [-0.39, 0.29) is 10.6 Å². The van der Waals surface area contributed by atoms with Crippen LogP contribution < -0.4 is 35.6 Å². The highest BCUT2D eigenvalue weighted by Gasteiger charge is 2.24. The van der Waals surface area contributed by atoms with Crippen molar-refractivity contribution in [1.82, 2.24) is 29.7 Å². The highest BCUT2D eigenvalue weighted by molar-refractivity contribution is 5.85.